The highest BCUT2D eigenvalue weighted by atomic mass is 79.9. The summed E-state index contributed by atoms with van der Waals surface area (Å²) in [5.74, 6) is 0.166. The fourth-order valence-electron chi connectivity index (χ4n) is 2.32. The van der Waals surface area contributed by atoms with E-state index in [4.69, 9.17) is 0 Å². The quantitative estimate of drug-likeness (QED) is 0.910. The number of hydrogen-bond acceptors (Lipinski definition) is 3. The number of nitrogens with zero attached hydrogens (tertiary/aromatic N) is 2. The van der Waals surface area contributed by atoms with Crippen molar-refractivity contribution in [1.29, 1.82) is 0 Å². The van der Waals surface area contributed by atoms with Gasteiger partial charge in [0.15, 0.2) is 0 Å². The van der Waals surface area contributed by atoms with Crippen LogP contribution in [0.2, 0.25) is 0 Å². The molecule has 1 atom stereocenters. The predicted octanol–water partition coefficient (Wildman–Crippen LogP) is 1.31. The molecule has 0 spiro atoms. The van der Waals surface area contributed by atoms with Crippen LogP contribution in [0.4, 0.5) is 0 Å². The number of piperazine rings is 1. The van der Waals surface area contributed by atoms with Crippen molar-refractivity contribution >= 4 is 21.8 Å². The fraction of sp³-hybridized carbons (Fsp3) is 0.500. The van der Waals surface area contributed by atoms with Crippen molar-refractivity contribution in [3.63, 3.8) is 0 Å². The van der Waals surface area contributed by atoms with Crippen LogP contribution in [0.3, 0.4) is 0 Å². The van der Waals surface area contributed by atoms with Gasteiger partial charge in [0.2, 0.25) is 5.91 Å². The molecule has 0 bridgehead atoms. The zero-order valence-electron chi connectivity index (χ0n) is 11.4. The van der Waals surface area contributed by atoms with E-state index in [0.717, 1.165) is 30.7 Å². The number of amides is 1. The summed E-state index contributed by atoms with van der Waals surface area (Å²) in [6.45, 7) is 3.35. The molecular formula is C14H20BrN3O. The first-order chi connectivity index (χ1) is 9.09. The minimum absolute atomic E-state index is 0.0733. The average molecular weight is 326 g/mol. The maximum Gasteiger partial charge on any atom is 0.240 e. The van der Waals surface area contributed by atoms with Gasteiger partial charge in [0.05, 0.1) is 0 Å². The van der Waals surface area contributed by atoms with Crippen LogP contribution >= 0.6 is 15.9 Å². The molecule has 0 aliphatic carbocycles. The van der Waals surface area contributed by atoms with Crippen LogP contribution in [0.15, 0.2) is 28.7 Å². The third kappa shape index (κ3) is 3.55. The lowest BCUT2D eigenvalue weighted by Gasteiger charge is -2.36. The largest absolute Gasteiger partial charge is 0.347 e. The van der Waals surface area contributed by atoms with Gasteiger partial charge in [-0.25, -0.2) is 0 Å². The van der Waals surface area contributed by atoms with Gasteiger partial charge in [0, 0.05) is 44.7 Å². The van der Waals surface area contributed by atoms with E-state index in [1.165, 1.54) is 5.56 Å². The summed E-state index contributed by atoms with van der Waals surface area (Å²) >= 11 is 3.57. The third-order valence-electron chi connectivity index (χ3n) is 3.41. The highest BCUT2D eigenvalue weighted by Crippen LogP contribution is 2.19. The van der Waals surface area contributed by atoms with Crippen molar-refractivity contribution in [1.82, 2.24) is 15.1 Å². The number of rotatable bonds is 3. The Balaban J connectivity index is 2.12. The minimum atomic E-state index is -0.0733. The highest BCUT2D eigenvalue weighted by Gasteiger charge is 2.29. The number of nitrogens with one attached hydrogen (secondary N) is 1. The summed E-state index contributed by atoms with van der Waals surface area (Å²) in [7, 11) is 3.63. The first-order valence-corrected chi connectivity index (χ1v) is 7.28. The zero-order chi connectivity index (χ0) is 13.8. The Morgan fingerprint density at radius 3 is 2.89 bits per heavy atom. The molecule has 2 rings (SSSR count). The van der Waals surface area contributed by atoms with Crippen LogP contribution in [0.1, 0.15) is 5.56 Å². The molecule has 1 amide bonds. The lowest BCUT2D eigenvalue weighted by Crippen LogP contribution is -2.57. The van der Waals surface area contributed by atoms with Crippen LogP contribution < -0.4 is 5.32 Å². The van der Waals surface area contributed by atoms with Crippen LogP contribution in [0, 0.1) is 0 Å². The molecule has 0 aromatic heterocycles. The Morgan fingerprint density at radius 1 is 1.47 bits per heavy atom. The van der Waals surface area contributed by atoms with Crippen molar-refractivity contribution in [2.45, 2.75) is 12.6 Å². The van der Waals surface area contributed by atoms with E-state index in [0.29, 0.717) is 0 Å². The van der Waals surface area contributed by atoms with Crippen molar-refractivity contribution in [3.8, 4) is 0 Å². The standard InChI is InChI=1S/C14H20BrN3O/c1-17(2)14(19)13-9-16-7-8-18(13)10-11-5-3-4-6-12(11)15/h3-6,13,16H,7-10H2,1-2H3. The van der Waals surface area contributed by atoms with Crippen LogP contribution in [-0.2, 0) is 11.3 Å². The van der Waals surface area contributed by atoms with E-state index in [1.807, 2.05) is 32.3 Å². The van der Waals surface area contributed by atoms with Crippen molar-refractivity contribution in [2.24, 2.45) is 0 Å². The molecule has 104 valence electrons. The van der Waals surface area contributed by atoms with E-state index >= 15 is 0 Å². The predicted molar refractivity (Wildman–Crippen MR) is 79.9 cm³/mol. The zero-order valence-corrected chi connectivity index (χ0v) is 13.0. The second-order valence-corrected chi connectivity index (χ2v) is 5.87. The normalized spacial score (nSPS) is 20.3. The molecule has 19 heavy (non-hydrogen) atoms. The third-order valence-corrected chi connectivity index (χ3v) is 4.18. The number of hydrogen-bond donors (Lipinski definition) is 1. The maximum atomic E-state index is 12.2. The van der Waals surface area contributed by atoms with E-state index in [-0.39, 0.29) is 11.9 Å². The van der Waals surface area contributed by atoms with E-state index in [9.17, 15) is 4.79 Å². The molecule has 5 heteroatoms. The summed E-state index contributed by atoms with van der Waals surface area (Å²) in [5, 5.41) is 3.30. The van der Waals surface area contributed by atoms with Crippen LogP contribution in [0.5, 0.6) is 0 Å². The second kappa shape index (κ2) is 6.50. The Bertz CT molecular complexity index is 450. The maximum absolute atomic E-state index is 12.2. The Morgan fingerprint density at radius 2 is 2.21 bits per heavy atom. The van der Waals surface area contributed by atoms with E-state index < -0.39 is 0 Å². The van der Waals surface area contributed by atoms with Gasteiger partial charge in [0.1, 0.15) is 6.04 Å². The van der Waals surface area contributed by atoms with E-state index in [2.05, 4.69) is 32.2 Å². The lowest BCUT2D eigenvalue weighted by atomic mass is 10.1. The molecule has 1 saturated heterocycles. The van der Waals surface area contributed by atoms with Gasteiger partial charge in [-0.3, -0.25) is 9.69 Å². The summed E-state index contributed by atoms with van der Waals surface area (Å²) in [4.78, 5) is 16.1. The Kier molecular flexibility index (Phi) is 4.96. The molecule has 0 saturated carbocycles. The molecule has 1 aliphatic heterocycles. The summed E-state index contributed by atoms with van der Waals surface area (Å²) < 4.78 is 1.10. The molecule has 1 N–H and O–H groups in total. The fourth-order valence-corrected chi connectivity index (χ4v) is 2.73. The molecule has 1 heterocycles. The van der Waals surface area contributed by atoms with Gasteiger partial charge >= 0.3 is 0 Å². The Hall–Kier alpha value is -0.910. The first kappa shape index (κ1) is 14.5. The Labute approximate surface area is 122 Å². The van der Waals surface area contributed by atoms with Gasteiger partial charge < -0.3 is 10.2 Å². The van der Waals surface area contributed by atoms with Gasteiger partial charge in [-0.1, -0.05) is 34.1 Å². The molecule has 4 nitrogen and oxygen atoms in total. The van der Waals surface area contributed by atoms with Crippen LogP contribution in [0.25, 0.3) is 0 Å². The molecule has 1 aromatic carbocycles. The summed E-state index contributed by atoms with van der Waals surface area (Å²) in [6, 6.07) is 8.11. The first-order valence-electron chi connectivity index (χ1n) is 6.49. The smallest absolute Gasteiger partial charge is 0.240 e. The molecular weight excluding hydrogens is 306 g/mol. The second-order valence-electron chi connectivity index (χ2n) is 5.01. The summed E-state index contributed by atoms with van der Waals surface area (Å²) in [5.41, 5.74) is 1.22. The monoisotopic (exact) mass is 325 g/mol. The van der Waals surface area contributed by atoms with Gasteiger partial charge in [-0.2, -0.15) is 0 Å². The number of carbonyl (C=O) groups excluding carboxylic acids is 1. The molecule has 0 radical (unpaired) electrons. The topological polar surface area (TPSA) is 35.6 Å². The van der Waals surface area contributed by atoms with Crippen molar-refractivity contribution in [3.05, 3.63) is 34.3 Å². The van der Waals surface area contributed by atoms with Crippen molar-refractivity contribution in [2.75, 3.05) is 33.7 Å². The SMILES string of the molecule is CN(C)C(=O)C1CNCCN1Cc1ccccc1Br. The van der Waals surface area contributed by atoms with Crippen LogP contribution in [-0.4, -0.2) is 55.5 Å². The average Bonchev–Trinajstić information content (AvgIpc) is 2.41. The molecule has 1 aromatic rings. The number of benzene rings is 1. The summed E-state index contributed by atoms with van der Waals surface area (Å²) in [6.07, 6.45) is 0. The lowest BCUT2D eigenvalue weighted by molar-refractivity contribution is -0.135. The molecule has 1 fully saturated rings. The number of halogens is 1. The molecule has 1 unspecified atom stereocenters. The van der Waals surface area contributed by atoms with Gasteiger partial charge in [0.25, 0.3) is 0 Å². The number of carbonyl (C=O) groups is 1. The van der Waals surface area contributed by atoms with E-state index in [1.54, 1.807) is 4.90 Å². The van der Waals surface area contributed by atoms with Crippen molar-refractivity contribution < 1.29 is 4.79 Å². The highest BCUT2D eigenvalue weighted by molar-refractivity contribution is 9.10. The minimum Gasteiger partial charge on any atom is -0.347 e. The number of likely N-dealkylation sites (N-methyl/N-ethyl adjacent to an activating group) is 1. The molecule has 1 aliphatic rings. The van der Waals surface area contributed by atoms with Gasteiger partial charge in [-0.15, -0.1) is 0 Å². The van der Waals surface area contributed by atoms with Gasteiger partial charge in [-0.05, 0) is 11.6 Å².